The van der Waals surface area contributed by atoms with E-state index in [2.05, 4.69) is 10.3 Å². The third kappa shape index (κ3) is 4.08. The second-order valence-electron chi connectivity index (χ2n) is 5.47. The van der Waals surface area contributed by atoms with Gasteiger partial charge in [0.2, 0.25) is 0 Å². The number of carbonyl (C=O) groups is 1. The van der Waals surface area contributed by atoms with Crippen LogP contribution >= 0.6 is 0 Å². The van der Waals surface area contributed by atoms with Gasteiger partial charge in [-0.3, -0.25) is 9.59 Å². The van der Waals surface area contributed by atoms with Gasteiger partial charge < -0.3 is 15.0 Å². The zero-order valence-electron chi connectivity index (χ0n) is 11.7. The Labute approximate surface area is 117 Å². The monoisotopic (exact) mass is 279 g/mol. The van der Waals surface area contributed by atoms with Crippen molar-refractivity contribution in [2.75, 3.05) is 11.9 Å². The third-order valence-corrected chi connectivity index (χ3v) is 3.59. The van der Waals surface area contributed by atoms with Crippen molar-refractivity contribution in [2.45, 2.75) is 45.1 Å². The van der Waals surface area contributed by atoms with Crippen molar-refractivity contribution in [3.63, 3.8) is 0 Å². The first kappa shape index (κ1) is 14.6. The molecule has 0 saturated heterocycles. The Hall–Kier alpha value is -1.85. The second-order valence-corrected chi connectivity index (χ2v) is 5.47. The molecule has 0 amide bonds. The summed E-state index contributed by atoms with van der Waals surface area (Å²) in [5.74, 6) is -0.0559. The van der Waals surface area contributed by atoms with E-state index in [1.165, 1.54) is 0 Å². The molecule has 6 heteroatoms. The Morgan fingerprint density at radius 3 is 2.95 bits per heavy atom. The van der Waals surface area contributed by atoms with Crippen LogP contribution < -0.4 is 10.9 Å². The van der Waals surface area contributed by atoms with Crippen LogP contribution in [0.1, 0.15) is 45.1 Å². The van der Waals surface area contributed by atoms with Crippen molar-refractivity contribution in [1.82, 2.24) is 9.55 Å². The normalized spacial score (nSPS) is 15.8. The van der Waals surface area contributed by atoms with Crippen molar-refractivity contribution in [1.29, 1.82) is 0 Å². The molecule has 1 aromatic rings. The molecule has 110 valence electrons. The highest BCUT2D eigenvalue weighted by molar-refractivity contribution is 5.66. The summed E-state index contributed by atoms with van der Waals surface area (Å²) in [5, 5.41) is 11.7. The number of aliphatic carboxylic acids is 1. The Balaban J connectivity index is 1.81. The number of nitrogens with zero attached hydrogens (tertiary/aromatic N) is 2. The molecule has 0 bridgehead atoms. The molecule has 2 N–H and O–H groups in total. The van der Waals surface area contributed by atoms with E-state index < -0.39 is 5.97 Å². The number of carboxylic acid groups (broad SMARTS) is 1. The Kier molecular flexibility index (Phi) is 4.76. The number of nitrogens with one attached hydrogen (secondary N) is 1. The SMILES string of the molecule is CC(CCNc1nccn(C2CC2)c1=O)CCC(=O)O. The van der Waals surface area contributed by atoms with Gasteiger partial charge in [0.05, 0.1) is 0 Å². The van der Waals surface area contributed by atoms with Crippen LogP contribution in [0.3, 0.4) is 0 Å². The fourth-order valence-electron chi connectivity index (χ4n) is 2.14. The van der Waals surface area contributed by atoms with Crippen molar-refractivity contribution >= 4 is 11.8 Å². The highest BCUT2D eigenvalue weighted by Crippen LogP contribution is 2.33. The number of hydrogen-bond donors (Lipinski definition) is 2. The van der Waals surface area contributed by atoms with Crippen LogP contribution in [0.15, 0.2) is 17.2 Å². The summed E-state index contributed by atoms with van der Waals surface area (Å²) in [4.78, 5) is 26.7. The van der Waals surface area contributed by atoms with Crippen LogP contribution in [0, 0.1) is 5.92 Å². The van der Waals surface area contributed by atoms with Gasteiger partial charge in [-0.1, -0.05) is 6.92 Å². The minimum atomic E-state index is -0.762. The topological polar surface area (TPSA) is 84.2 Å². The van der Waals surface area contributed by atoms with E-state index in [9.17, 15) is 9.59 Å². The lowest BCUT2D eigenvalue weighted by molar-refractivity contribution is -0.137. The van der Waals surface area contributed by atoms with Gasteiger partial charge >= 0.3 is 5.97 Å². The van der Waals surface area contributed by atoms with E-state index in [0.717, 1.165) is 19.3 Å². The smallest absolute Gasteiger partial charge is 0.303 e. The molecule has 0 radical (unpaired) electrons. The first-order valence-electron chi connectivity index (χ1n) is 7.10. The molecule has 0 aromatic carbocycles. The lowest BCUT2D eigenvalue weighted by Gasteiger charge is -2.11. The highest BCUT2D eigenvalue weighted by Gasteiger charge is 2.25. The van der Waals surface area contributed by atoms with E-state index in [1.807, 2.05) is 6.92 Å². The minimum absolute atomic E-state index is 0.0619. The molecule has 0 aliphatic heterocycles. The summed E-state index contributed by atoms with van der Waals surface area (Å²) in [6, 6.07) is 0.348. The number of carboxylic acids is 1. The van der Waals surface area contributed by atoms with Crippen molar-refractivity contribution in [3.05, 3.63) is 22.7 Å². The molecule has 1 unspecified atom stereocenters. The zero-order valence-corrected chi connectivity index (χ0v) is 11.7. The van der Waals surface area contributed by atoms with Gasteiger partial charge in [0, 0.05) is 31.4 Å². The number of aromatic nitrogens is 2. The Bertz CT molecular complexity index is 523. The van der Waals surface area contributed by atoms with E-state index in [4.69, 9.17) is 5.11 Å². The van der Waals surface area contributed by atoms with Crippen molar-refractivity contribution in [2.24, 2.45) is 5.92 Å². The summed E-state index contributed by atoms with van der Waals surface area (Å²) in [6.45, 7) is 2.66. The summed E-state index contributed by atoms with van der Waals surface area (Å²) >= 11 is 0. The van der Waals surface area contributed by atoms with Crippen LogP contribution in [0.2, 0.25) is 0 Å². The minimum Gasteiger partial charge on any atom is -0.481 e. The number of hydrogen-bond acceptors (Lipinski definition) is 4. The van der Waals surface area contributed by atoms with Crippen LogP contribution in [-0.2, 0) is 4.79 Å². The standard InChI is InChI=1S/C14H21N3O3/c1-10(2-5-12(18)19)6-7-15-13-14(20)17(9-8-16-13)11-3-4-11/h8-11H,2-7H2,1H3,(H,15,16)(H,18,19). The summed E-state index contributed by atoms with van der Waals surface area (Å²) < 4.78 is 1.74. The molecule has 1 fully saturated rings. The molecule has 1 aromatic heterocycles. The van der Waals surface area contributed by atoms with E-state index in [-0.39, 0.29) is 12.0 Å². The molecular weight excluding hydrogens is 258 g/mol. The largest absolute Gasteiger partial charge is 0.481 e. The maximum Gasteiger partial charge on any atom is 0.303 e. The number of anilines is 1. The fourth-order valence-corrected chi connectivity index (χ4v) is 2.14. The molecule has 1 aliphatic carbocycles. The summed E-state index contributed by atoms with van der Waals surface area (Å²) in [7, 11) is 0. The predicted molar refractivity (Wildman–Crippen MR) is 75.9 cm³/mol. The summed E-state index contributed by atoms with van der Waals surface area (Å²) in [6.07, 6.45) is 7.19. The zero-order chi connectivity index (χ0) is 14.5. The Morgan fingerprint density at radius 1 is 1.55 bits per heavy atom. The highest BCUT2D eigenvalue weighted by atomic mass is 16.4. The number of rotatable bonds is 8. The molecule has 1 atom stereocenters. The molecule has 0 spiro atoms. The molecule has 1 aliphatic rings. The molecule has 1 heterocycles. The summed E-state index contributed by atoms with van der Waals surface area (Å²) in [5.41, 5.74) is -0.0619. The van der Waals surface area contributed by atoms with Crippen molar-refractivity contribution < 1.29 is 9.90 Å². The van der Waals surface area contributed by atoms with Gasteiger partial charge in [0.25, 0.3) is 5.56 Å². The maximum absolute atomic E-state index is 12.1. The quantitative estimate of drug-likeness (QED) is 0.759. The lowest BCUT2D eigenvalue weighted by atomic mass is 10.0. The van der Waals surface area contributed by atoms with Crippen LogP contribution in [0.5, 0.6) is 0 Å². The molecule has 6 nitrogen and oxygen atoms in total. The van der Waals surface area contributed by atoms with Gasteiger partial charge in [-0.05, 0) is 31.6 Å². The fraction of sp³-hybridized carbons (Fsp3) is 0.643. The maximum atomic E-state index is 12.1. The Morgan fingerprint density at radius 2 is 2.30 bits per heavy atom. The second kappa shape index (κ2) is 6.54. The van der Waals surface area contributed by atoms with Crippen LogP contribution in [0.4, 0.5) is 5.82 Å². The molecule has 2 rings (SSSR count). The average Bonchev–Trinajstić information content (AvgIpc) is 3.23. The van der Waals surface area contributed by atoms with Crippen molar-refractivity contribution in [3.8, 4) is 0 Å². The van der Waals surface area contributed by atoms with Gasteiger partial charge in [-0.25, -0.2) is 4.98 Å². The van der Waals surface area contributed by atoms with E-state index in [0.29, 0.717) is 30.7 Å². The predicted octanol–water partition coefficient (Wildman–Crippen LogP) is 1.88. The third-order valence-electron chi connectivity index (χ3n) is 3.59. The van der Waals surface area contributed by atoms with E-state index >= 15 is 0 Å². The van der Waals surface area contributed by atoms with Gasteiger partial charge in [-0.15, -0.1) is 0 Å². The van der Waals surface area contributed by atoms with Crippen LogP contribution in [0.25, 0.3) is 0 Å². The van der Waals surface area contributed by atoms with Crippen LogP contribution in [-0.4, -0.2) is 27.2 Å². The molecule has 1 saturated carbocycles. The lowest BCUT2D eigenvalue weighted by Crippen LogP contribution is -2.24. The molecule has 20 heavy (non-hydrogen) atoms. The first-order chi connectivity index (χ1) is 9.58. The van der Waals surface area contributed by atoms with Gasteiger partial charge in [0.1, 0.15) is 0 Å². The van der Waals surface area contributed by atoms with Gasteiger partial charge in [-0.2, -0.15) is 0 Å². The van der Waals surface area contributed by atoms with Gasteiger partial charge in [0.15, 0.2) is 5.82 Å². The van der Waals surface area contributed by atoms with E-state index in [1.54, 1.807) is 17.0 Å². The first-order valence-corrected chi connectivity index (χ1v) is 7.10. The average molecular weight is 279 g/mol. The molecular formula is C14H21N3O3.